The quantitative estimate of drug-likeness (QED) is 0.768. The summed E-state index contributed by atoms with van der Waals surface area (Å²) in [6.07, 6.45) is 0.997. The number of primary amides is 1. The van der Waals surface area contributed by atoms with Gasteiger partial charge in [-0.25, -0.2) is 0 Å². The lowest BCUT2D eigenvalue weighted by Gasteiger charge is -2.20. The Hall–Kier alpha value is -1.35. The second-order valence-corrected chi connectivity index (χ2v) is 4.44. The van der Waals surface area contributed by atoms with Crippen molar-refractivity contribution < 1.29 is 4.79 Å². The van der Waals surface area contributed by atoms with Gasteiger partial charge < -0.3 is 11.1 Å². The van der Waals surface area contributed by atoms with Crippen molar-refractivity contribution in [1.82, 2.24) is 5.32 Å². The van der Waals surface area contributed by atoms with Gasteiger partial charge in [-0.05, 0) is 17.9 Å². The minimum absolute atomic E-state index is 0.202. The summed E-state index contributed by atoms with van der Waals surface area (Å²) >= 11 is 0. The number of nitrogens with one attached hydrogen (secondary N) is 1. The topological polar surface area (TPSA) is 55.1 Å². The van der Waals surface area contributed by atoms with Gasteiger partial charge in [0.15, 0.2) is 0 Å². The van der Waals surface area contributed by atoms with Gasteiger partial charge in [-0.1, -0.05) is 44.2 Å². The monoisotopic (exact) mass is 220 g/mol. The average Bonchev–Trinajstić information content (AvgIpc) is 2.25. The van der Waals surface area contributed by atoms with Crippen LogP contribution in [0.2, 0.25) is 0 Å². The van der Waals surface area contributed by atoms with Crippen LogP contribution in [0.1, 0.15) is 31.9 Å². The van der Waals surface area contributed by atoms with Crippen LogP contribution in [-0.4, -0.2) is 12.5 Å². The molecule has 0 saturated heterocycles. The summed E-state index contributed by atoms with van der Waals surface area (Å²) in [7, 11) is 0. The van der Waals surface area contributed by atoms with Crippen LogP contribution in [0, 0.1) is 5.92 Å². The molecule has 1 unspecified atom stereocenters. The van der Waals surface area contributed by atoms with Crippen LogP contribution in [0.15, 0.2) is 30.3 Å². The molecule has 0 spiro atoms. The molecule has 0 aliphatic rings. The first-order valence-electron chi connectivity index (χ1n) is 5.66. The zero-order valence-electron chi connectivity index (χ0n) is 9.94. The van der Waals surface area contributed by atoms with Gasteiger partial charge in [0.1, 0.15) is 0 Å². The van der Waals surface area contributed by atoms with Crippen molar-refractivity contribution in [2.75, 3.05) is 6.54 Å². The molecule has 1 atom stereocenters. The molecule has 3 N–H and O–H groups in total. The fraction of sp³-hybridized carbons (Fsp3) is 0.462. The molecule has 1 rings (SSSR count). The highest BCUT2D eigenvalue weighted by Gasteiger charge is 2.12. The summed E-state index contributed by atoms with van der Waals surface area (Å²) in [5.74, 6) is 0.260. The third-order valence-electron chi connectivity index (χ3n) is 2.43. The molecule has 3 nitrogen and oxygen atoms in total. The highest BCUT2D eigenvalue weighted by atomic mass is 16.1. The van der Waals surface area contributed by atoms with E-state index in [0.29, 0.717) is 5.92 Å². The van der Waals surface area contributed by atoms with E-state index in [0.717, 1.165) is 6.42 Å². The van der Waals surface area contributed by atoms with Crippen LogP contribution in [0.3, 0.4) is 0 Å². The van der Waals surface area contributed by atoms with Crippen molar-refractivity contribution >= 4 is 5.91 Å². The molecule has 0 aliphatic carbocycles. The van der Waals surface area contributed by atoms with Crippen LogP contribution >= 0.6 is 0 Å². The Labute approximate surface area is 97.0 Å². The Balaban J connectivity index is 2.67. The first-order chi connectivity index (χ1) is 7.59. The Morgan fingerprint density at radius 2 is 1.94 bits per heavy atom. The molecule has 0 radical (unpaired) electrons. The van der Waals surface area contributed by atoms with E-state index in [9.17, 15) is 4.79 Å². The van der Waals surface area contributed by atoms with Crippen molar-refractivity contribution in [2.24, 2.45) is 11.7 Å². The van der Waals surface area contributed by atoms with Crippen LogP contribution in [0.25, 0.3) is 0 Å². The van der Waals surface area contributed by atoms with E-state index in [1.54, 1.807) is 0 Å². The number of benzene rings is 1. The zero-order chi connectivity index (χ0) is 12.0. The Bertz CT molecular complexity index is 322. The Kier molecular flexibility index (Phi) is 4.99. The van der Waals surface area contributed by atoms with E-state index in [1.165, 1.54) is 5.56 Å². The van der Waals surface area contributed by atoms with E-state index in [-0.39, 0.29) is 18.5 Å². The second kappa shape index (κ2) is 6.28. The van der Waals surface area contributed by atoms with E-state index >= 15 is 0 Å². The first-order valence-corrected chi connectivity index (χ1v) is 5.66. The molecule has 1 amide bonds. The fourth-order valence-electron chi connectivity index (χ4n) is 1.72. The highest BCUT2D eigenvalue weighted by molar-refractivity contribution is 5.75. The maximum absolute atomic E-state index is 10.8. The van der Waals surface area contributed by atoms with Gasteiger partial charge in [0.05, 0.1) is 6.54 Å². The molecular weight excluding hydrogens is 200 g/mol. The van der Waals surface area contributed by atoms with Crippen LogP contribution < -0.4 is 11.1 Å². The van der Waals surface area contributed by atoms with Gasteiger partial charge >= 0.3 is 0 Å². The van der Waals surface area contributed by atoms with Gasteiger partial charge in [0.25, 0.3) is 0 Å². The lowest BCUT2D eigenvalue weighted by molar-refractivity contribution is -0.117. The standard InChI is InChI=1S/C13H20N2O/c1-10(2)8-12(15-9-13(14)16)11-6-4-3-5-7-11/h3-7,10,12,15H,8-9H2,1-2H3,(H2,14,16). The summed E-state index contributed by atoms with van der Waals surface area (Å²) in [5, 5.41) is 3.19. The number of amides is 1. The molecule has 16 heavy (non-hydrogen) atoms. The van der Waals surface area contributed by atoms with E-state index in [4.69, 9.17) is 5.73 Å². The SMILES string of the molecule is CC(C)CC(NCC(N)=O)c1ccccc1. The average molecular weight is 220 g/mol. The molecule has 0 fully saturated rings. The smallest absolute Gasteiger partial charge is 0.231 e. The summed E-state index contributed by atoms with van der Waals surface area (Å²) in [6, 6.07) is 10.4. The zero-order valence-corrected chi connectivity index (χ0v) is 9.94. The van der Waals surface area contributed by atoms with Gasteiger partial charge in [-0.3, -0.25) is 4.79 Å². The van der Waals surface area contributed by atoms with Gasteiger partial charge in [0.2, 0.25) is 5.91 Å². The minimum atomic E-state index is -0.315. The summed E-state index contributed by atoms with van der Waals surface area (Å²) in [4.78, 5) is 10.8. The number of nitrogens with two attached hydrogens (primary N) is 1. The van der Waals surface area contributed by atoms with Crippen molar-refractivity contribution in [3.8, 4) is 0 Å². The molecule has 1 aromatic carbocycles. The largest absolute Gasteiger partial charge is 0.369 e. The second-order valence-electron chi connectivity index (χ2n) is 4.44. The maximum atomic E-state index is 10.8. The molecule has 88 valence electrons. The predicted octanol–water partition coefficient (Wildman–Crippen LogP) is 1.85. The van der Waals surface area contributed by atoms with Crippen LogP contribution in [0.5, 0.6) is 0 Å². The van der Waals surface area contributed by atoms with Gasteiger partial charge in [-0.15, -0.1) is 0 Å². The summed E-state index contributed by atoms with van der Waals surface area (Å²) in [6.45, 7) is 4.57. The normalized spacial score (nSPS) is 12.7. The number of rotatable bonds is 6. The van der Waals surface area contributed by atoms with Crippen molar-refractivity contribution in [3.63, 3.8) is 0 Å². The van der Waals surface area contributed by atoms with Crippen molar-refractivity contribution in [3.05, 3.63) is 35.9 Å². The lowest BCUT2D eigenvalue weighted by atomic mass is 9.97. The highest BCUT2D eigenvalue weighted by Crippen LogP contribution is 2.20. The minimum Gasteiger partial charge on any atom is -0.369 e. The molecule has 1 aromatic rings. The number of hydrogen-bond acceptors (Lipinski definition) is 2. The fourth-order valence-corrected chi connectivity index (χ4v) is 1.72. The molecule has 0 saturated carbocycles. The van der Waals surface area contributed by atoms with E-state index in [1.807, 2.05) is 18.2 Å². The molecule has 0 heterocycles. The first kappa shape index (κ1) is 12.7. The van der Waals surface area contributed by atoms with Gasteiger partial charge in [-0.2, -0.15) is 0 Å². The van der Waals surface area contributed by atoms with E-state index in [2.05, 4.69) is 31.3 Å². The number of carbonyl (C=O) groups is 1. The predicted molar refractivity (Wildman–Crippen MR) is 65.8 cm³/mol. The van der Waals surface area contributed by atoms with E-state index < -0.39 is 0 Å². The van der Waals surface area contributed by atoms with Gasteiger partial charge in [0, 0.05) is 6.04 Å². The molecule has 0 aliphatic heterocycles. The number of carbonyl (C=O) groups excluding carboxylic acids is 1. The summed E-state index contributed by atoms with van der Waals surface area (Å²) in [5.41, 5.74) is 6.35. The molecule has 3 heteroatoms. The number of hydrogen-bond donors (Lipinski definition) is 2. The van der Waals surface area contributed by atoms with Crippen molar-refractivity contribution in [2.45, 2.75) is 26.3 Å². The molecule has 0 bridgehead atoms. The third-order valence-corrected chi connectivity index (χ3v) is 2.43. The van der Waals surface area contributed by atoms with Crippen LogP contribution in [-0.2, 0) is 4.79 Å². The Morgan fingerprint density at radius 1 is 1.31 bits per heavy atom. The maximum Gasteiger partial charge on any atom is 0.231 e. The third kappa shape index (κ3) is 4.45. The molecule has 0 aromatic heterocycles. The summed E-state index contributed by atoms with van der Waals surface area (Å²) < 4.78 is 0. The molecular formula is C13H20N2O. The van der Waals surface area contributed by atoms with Crippen LogP contribution in [0.4, 0.5) is 0 Å². The Morgan fingerprint density at radius 3 is 2.44 bits per heavy atom. The lowest BCUT2D eigenvalue weighted by Crippen LogP contribution is -2.32. The van der Waals surface area contributed by atoms with Crippen molar-refractivity contribution in [1.29, 1.82) is 0 Å².